The second kappa shape index (κ2) is 13.6. The van der Waals surface area contributed by atoms with Crippen LogP contribution in [-0.4, -0.2) is 54.0 Å². The lowest BCUT2D eigenvalue weighted by atomic mass is 10.1. The Morgan fingerprint density at radius 1 is 0.462 bits per heavy atom. The molecule has 0 aliphatic heterocycles. The van der Waals surface area contributed by atoms with E-state index in [2.05, 4.69) is 21.3 Å². The highest BCUT2D eigenvalue weighted by molar-refractivity contribution is 7.86. The average molecular weight is 743 g/mol. The number of carbonyl (C=O) groups excluding carboxylic acids is 3. The largest absolute Gasteiger partial charge is 0.505 e. The molecule has 6 aromatic carbocycles. The number of phenolic OH excluding ortho intramolecular Hbond substituents is 2. The fraction of sp³-hybridized carbons (Fsp3) is 0. The first-order chi connectivity index (χ1) is 24.6. The van der Waals surface area contributed by atoms with E-state index in [9.17, 15) is 50.5 Å². The van der Waals surface area contributed by atoms with Gasteiger partial charge in [-0.15, -0.1) is 0 Å². The Labute approximate surface area is 295 Å². The Morgan fingerprint density at radius 3 is 1.19 bits per heavy atom. The second-order valence-electron chi connectivity index (χ2n) is 11.2. The van der Waals surface area contributed by atoms with Crippen LogP contribution < -0.4 is 21.3 Å². The molecule has 0 radical (unpaired) electrons. The summed E-state index contributed by atoms with van der Waals surface area (Å²) >= 11 is 0. The highest BCUT2D eigenvalue weighted by atomic mass is 32.2. The molecule has 4 amide bonds. The van der Waals surface area contributed by atoms with Crippen molar-refractivity contribution >= 4 is 82.4 Å². The van der Waals surface area contributed by atoms with Crippen LogP contribution >= 0.6 is 0 Å². The first-order valence-corrected chi connectivity index (χ1v) is 17.8. The summed E-state index contributed by atoms with van der Waals surface area (Å²) in [5.74, 6) is -2.43. The SMILES string of the molecule is O=C(Nc1cccc(C(=O)Nc2cc(S(=O)(=O)O)c3ccccc3c2O)c1)Nc1cccc(C(=O)Nc2cc(S(=O)(=O)O)c3ccccc3c2O)c1. The number of hydrogen-bond donors (Lipinski definition) is 8. The molecule has 6 rings (SSSR count). The topological polar surface area (TPSA) is 249 Å². The van der Waals surface area contributed by atoms with Gasteiger partial charge in [0, 0.05) is 44.0 Å². The fourth-order valence-corrected chi connectivity index (χ4v) is 6.88. The van der Waals surface area contributed by atoms with Crippen molar-refractivity contribution in [3.63, 3.8) is 0 Å². The molecule has 0 aliphatic rings. The van der Waals surface area contributed by atoms with Gasteiger partial charge in [-0.2, -0.15) is 16.8 Å². The number of urea groups is 1. The number of anilines is 4. The van der Waals surface area contributed by atoms with Crippen LogP contribution in [0.15, 0.2) is 119 Å². The Hall–Kier alpha value is -6.53. The molecule has 0 spiro atoms. The van der Waals surface area contributed by atoms with Crippen LogP contribution in [0.25, 0.3) is 21.5 Å². The minimum atomic E-state index is -4.73. The standard InChI is InChI=1S/C35H26N4O11S2/c40-31-25-13-3-1-11-23(25)29(51(45,46)47)17-27(31)38-33(42)19-7-5-9-21(15-19)36-35(44)37-22-10-6-8-20(16-22)34(43)39-28-18-30(52(48,49)50)24-12-2-4-14-26(24)32(28)41/h1-18,40-41H,(H,38,42)(H,39,43)(H2,36,37,44)(H,45,46,47)(H,48,49,50). The van der Waals surface area contributed by atoms with Crippen LogP contribution in [0.2, 0.25) is 0 Å². The number of fused-ring (bicyclic) bond motifs is 2. The molecule has 0 bridgehead atoms. The molecule has 17 heteroatoms. The molecule has 52 heavy (non-hydrogen) atoms. The number of rotatable bonds is 8. The van der Waals surface area contributed by atoms with E-state index >= 15 is 0 Å². The summed E-state index contributed by atoms with van der Waals surface area (Å²) in [6, 6.07) is 24.0. The van der Waals surface area contributed by atoms with Crippen LogP contribution in [0.5, 0.6) is 11.5 Å². The van der Waals surface area contributed by atoms with Crippen LogP contribution in [0, 0.1) is 0 Å². The van der Waals surface area contributed by atoms with Gasteiger partial charge in [0.15, 0.2) is 0 Å². The van der Waals surface area contributed by atoms with Crippen molar-refractivity contribution in [1.82, 2.24) is 0 Å². The summed E-state index contributed by atoms with van der Waals surface area (Å²) in [6.45, 7) is 0. The number of nitrogens with one attached hydrogen (secondary N) is 4. The molecule has 6 aromatic rings. The van der Waals surface area contributed by atoms with E-state index in [1.165, 1.54) is 97.1 Å². The van der Waals surface area contributed by atoms with Crippen molar-refractivity contribution in [2.45, 2.75) is 9.79 Å². The predicted octanol–water partition coefficient (Wildman–Crippen LogP) is 6.05. The van der Waals surface area contributed by atoms with Crippen molar-refractivity contribution in [1.29, 1.82) is 0 Å². The van der Waals surface area contributed by atoms with E-state index in [0.717, 1.165) is 12.1 Å². The van der Waals surface area contributed by atoms with Gasteiger partial charge in [0.2, 0.25) is 0 Å². The summed E-state index contributed by atoms with van der Waals surface area (Å²) in [7, 11) is -9.46. The third kappa shape index (κ3) is 7.32. The minimum Gasteiger partial charge on any atom is -0.505 e. The van der Waals surface area contributed by atoms with Crippen molar-refractivity contribution in [3.8, 4) is 11.5 Å². The van der Waals surface area contributed by atoms with E-state index < -0.39 is 59.4 Å². The van der Waals surface area contributed by atoms with Gasteiger partial charge in [0.1, 0.15) is 21.3 Å². The number of benzene rings is 6. The van der Waals surface area contributed by atoms with Crippen molar-refractivity contribution < 1.29 is 50.5 Å². The molecule has 0 atom stereocenters. The van der Waals surface area contributed by atoms with Crippen LogP contribution in [0.1, 0.15) is 20.7 Å². The summed E-state index contributed by atoms with van der Waals surface area (Å²) in [5, 5.41) is 31.6. The summed E-state index contributed by atoms with van der Waals surface area (Å²) in [4.78, 5) is 38.1. The average Bonchev–Trinajstić information content (AvgIpc) is 3.09. The first-order valence-electron chi connectivity index (χ1n) is 15.0. The molecule has 264 valence electrons. The van der Waals surface area contributed by atoms with Crippen molar-refractivity contribution in [3.05, 3.63) is 120 Å². The van der Waals surface area contributed by atoms with E-state index in [-0.39, 0.29) is 55.4 Å². The maximum Gasteiger partial charge on any atom is 0.323 e. The Bertz CT molecular complexity index is 2500. The zero-order valence-corrected chi connectivity index (χ0v) is 28.0. The molecule has 0 unspecified atom stereocenters. The maximum absolute atomic E-state index is 13.1. The highest BCUT2D eigenvalue weighted by Gasteiger charge is 2.22. The van der Waals surface area contributed by atoms with Gasteiger partial charge in [0.05, 0.1) is 11.4 Å². The molecule has 15 nitrogen and oxygen atoms in total. The number of phenols is 2. The summed E-state index contributed by atoms with van der Waals surface area (Å²) in [6.07, 6.45) is 0. The lowest BCUT2D eigenvalue weighted by Gasteiger charge is -2.14. The van der Waals surface area contributed by atoms with Gasteiger partial charge in [-0.3, -0.25) is 18.7 Å². The normalized spacial score (nSPS) is 11.6. The lowest BCUT2D eigenvalue weighted by molar-refractivity contribution is 0.101. The molecule has 0 saturated heterocycles. The quantitative estimate of drug-likeness (QED) is 0.0659. The molecule has 0 aliphatic carbocycles. The van der Waals surface area contributed by atoms with E-state index in [1.807, 2.05) is 0 Å². The number of carbonyl (C=O) groups is 3. The van der Waals surface area contributed by atoms with Crippen molar-refractivity contribution in [2.24, 2.45) is 0 Å². The van der Waals surface area contributed by atoms with Gasteiger partial charge in [-0.05, 0) is 48.5 Å². The molecule has 0 aromatic heterocycles. The molecular formula is C35H26N4O11S2. The molecule has 0 heterocycles. The molecule has 0 fully saturated rings. The minimum absolute atomic E-state index is 0.00605. The number of hydrogen-bond acceptors (Lipinski definition) is 9. The Morgan fingerprint density at radius 2 is 0.827 bits per heavy atom. The molecule has 0 saturated carbocycles. The van der Waals surface area contributed by atoms with Gasteiger partial charge in [-0.25, -0.2) is 4.79 Å². The highest BCUT2D eigenvalue weighted by Crippen LogP contribution is 2.39. The fourth-order valence-electron chi connectivity index (χ4n) is 5.43. The Kier molecular flexibility index (Phi) is 9.26. The smallest absolute Gasteiger partial charge is 0.323 e. The summed E-state index contributed by atoms with van der Waals surface area (Å²) < 4.78 is 67.6. The van der Waals surface area contributed by atoms with Crippen LogP contribution in [0.4, 0.5) is 27.5 Å². The van der Waals surface area contributed by atoms with Gasteiger partial charge >= 0.3 is 6.03 Å². The van der Waals surface area contributed by atoms with Crippen LogP contribution in [-0.2, 0) is 20.2 Å². The predicted molar refractivity (Wildman–Crippen MR) is 192 cm³/mol. The van der Waals surface area contributed by atoms with Gasteiger partial charge < -0.3 is 31.5 Å². The summed E-state index contributed by atoms with van der Waals surface area (Å²) in [5.41, 5.74) is -0.251. The Balaban J connectivity index is 1.16. The second-order valence-corrected chi connectivity index (χ2v) is 14.0. The number of aromatic hydroxyl groups is 2. The monoisotopic (exact) mass is 742 g/mol. The van der Waals surface area contributed by atoms with Crippen LogP contribution in [0.3, 0.4) is 0 Å². The number of amides is 4. The zero-order chi connectivity index (χ0) is 37.4. The van der Waals surface area contributed by atoms with Gasteiger partial charge in [0.25, 0.3) is 32.1 Å². The van der Waals surface area contributed by atoms with E-state index in [0.29, 0.717) is 0 Å². The lowest BCUT2D eigenvalue weighted by Crippen LogP contribution is -2.20. The van der Waals surface area contributed by atoms with Crippen molar-refractivity contribution in [2.75, 3.05) is 21.3 Å². The first kappa shape index (κ1) is 35.3. The zero-order valence-electron chi connectivity index (χ0n) is 26.4. The third-order valence-electron chi connectivity index (χ3n) is 7.77. The van der Waals surface area contributed by atoms with Gasteiger partial charge in [-0.1, -0.05) is 60.7 Å². The third-order valence-corrected chi connectivity index (χ3v) is 9.56. The van der Waals surface area contributed by atoms with E-state index in [1.54, 1.807) is 0 Å². The van der Waals surface area contributed by atoms with E-state index in [4.69, 9.17) is 0 Å². The maximum atomic E-state index is 13.1. The molecular weight excluding hydrogens is 717 g/mol. The molecule has 8 N–H and O–H groups in total.